The minimum atomic E-state index is -0.766. The fourth-order valence-corrected chi connectivity index (χ4v) is 3.69. The van der Waals surface area contributed by atoms with Gasteiger partial charge in [0.05, 0.1) is 12.2 Å². The highest BCUT2D eigenvalue weighted by atomic mass is 32.1. The SMILES string of the molecule is Cc1noc(N)c1C(=O)OCC(=O)N(Cc1cccs1)c1ccc2c(c1)OCCO2. The number of rotatable bonds is 6. The number of hydrogen-bond acceptors (Lipinski definition) is 9. The number of aryl methyl sites for hydroxylation is 1. The standard InChI is InChI=1S/C20H19N3O6S/c1-12-18(19(21)29-22-12)20(25)28-11-17(24)23(10-14-3-2-8-30-14)13-4-5-15-16(9-13)27-7-6-26-15/h2-5,8-9H,6-7,10-11,21H2,1H3. The number of hydrogen-bond donors (Lipinski definition) is 1. The van der Waals surface area contributed by atoms with Crippen molar-refractivity contribution in [1.29, 1.82) is 0 Å². The minimum absolute atomic E-state index is 0.0203. The Hall–Kier alpha value is -3.53. The molecule has 1 aliphatic heterocycles. The van der Waals surface area contributed by atoms with Gasteiger partial charge >= 0.3 is 5.97 Å². The normalized spacial score (nSPS) is 12.4. The number of esters is 1. The molecule has 0 unspecified atom stereocenters. The Morgan fingerprint density at radius 2 is 2.03 bits per heavy atom. The van der Waals surface area contributed by atoms with Crippen LogP contribution in [0.2, 0.25) is 0 Å². The van der Waals surface area contributed by atoms with Crippen molar-refractivity contribution in [2.24, 2.45) is 0 Å². The van der Waals surface area contributed by atoms with E-state index in [1.807, 2.05) is 17.5 Å². The summed E-state index contributed by atoms with van der Waals surface area (Å²) in [6, 6.07) is 9.10. The average molecular weight is 429 g/mol. The first-order chi connectivity index (χ1) is 14.5. The number of ether oxygens (including phenoxy) is 3. The highest BCUT2D eigenvalue weighted by Crippen LogP contribution is 2.34. The van der Waals surface area contributed by atoms with Gasteiger partial charge in [-0.25, -0.2) is 4.79 Å². The lowest BCUT2D eigenvalue weighted by Gasteiger charge is -2.25. The van der Waals surface area contributed by atoms with Crippen molar-refractivity contribution in [2.75, 3.05) is 30.5 Å². The Kier molecular flexibility index (Phi) is 5.57. The lowest BCUT2D eigenvalue weighted by Crippen LogP contribution is -2.34. The molecule has 0 aliphatic carbocycles. The zero-order valence-corrected chi connectivity index (χ0v) is 16.9. The number of amides is 1. The highest BCUT2D eigenvalue weighted by molar-refractivity contribution is 7.09. The molecule has 0 spiro atoms. The van der Waals surface area contributed by atoms with Gasteiger partial charge in [0, 0.05) is 16.6 Å². The lowest BCUT2D eigenvalue weighted by atomic mass is 10.2. The van der Waals surface area contributed by atoms with Crippen LogP contribution < -0.4 is 20.1 Å². The van der Waals surface area contributed by atoms with E-state index in [0.29, 0.717) is 42.6 Å². The van der Waals surface area contributed by atoms with Crippen LogP contribution in [0.15, 0.2) is 40.2 Å². The molecule has 0 saturated carbocycles. The van der Waals surface area contributed by atoms with E-state index in [4.69, 9.17) is 24.5 Å². The number of nitrogen functional groups attached to an aromatic ring is 1. The van der Waals surface area contributed by atoms with Crippen LogP contribution in [0.1, 0.15) is 20.9 Å². The van der Waals surface area contributed by atoms with Crippen molar-refractivity contribution >= 4 is 34.8 Å². The first kappa shape index (κ1) is 19.8. The molecule has 0 saturated heterocycles. The van der Waals surface area contributed by atoms with Crippen LogP contribution >= 0.6 is 11.3 Å². The van der Waals surface area contributed by atoms with E-state index in [1.54, 1.807) is 25.1 Å². The molecule has 10 heteroatoms. The number of carbonyl (C=O) groups is 2. The second-order valence-electron chi connectivity index (χ2n) is 6.47. The van der Waals surface area contributed by atoms with Crippen LogP contribution in [0.4, 0.5) is 11.6 Å². The summed E-state index contributed by atoms with van der Waals surface area (Å²) in [4.78, 5) is 27.8. The van der Waals surface area contributed by atoms with E-state index in [-0.39, 0.29) is 11.4 Å². The first-order valence-corrected chi connectivity index (χ1v) is 10.0. The summed E-state index contributed by atoms with van der Waals surface area (Å²) in [6.07, 6.45) is 0. The largest absolute Gasteiger partial charge is 0.486 e. The second-order valence-corrected chi connectivity index (χ2v) is 7.50. The van der Waals surface area contributed by atoms with Gasteiger partial charge in [-0.1, -0.05) is 11.2 Å². The van der Waals surface area contributed by atoms with Crippen molar-refractivity contribution in [2.45, 2.75) is 13.5 Å². The number of nitrogens with zero attached hydrogens (tertiary/aromatic N) is 2. The monoisotopic (exact) mass is 429 g/mol. The number of benzene rings is 1. The summed E-state index contributed by atoms with van der Waals surface area (Å²) in [5.41, 5.74) is 6.53. The quantitative estimate of drug-likeness (QED) is 0.595. The minimum Gasteiger partial charge on any atom is -0.486 e. The fourth-order valence-electron chi connectivity index (χ4n) is 2.99. The molecule has 2 aromatic heterocycles. The maximum absolute atomic E-state index is 13.0. The van der Waals surface area contributed by atoms with Crippen molar-refractivity contribution in [1.82, 2.24) is 5.16 Å². The Labute approximate surface area is 175 Å². The third-order valence-corrected chi connectivity index (χ3v) is 5.31. The number of fused-ring (bicyclic) bond motifs is 1. The zero-order chi connectivity index (χ0) is 21.1. The summed E-state index contributed by atoms with van der Waals surface area (Å²) in [5, 5.41) is 5.55. The third-order valence-electron chi connectivity index (χ3n) is 4.45. The highest BCUT2D eigenvalue weighted by Gasteiger charge is 2.24. The molecule has 3 heterocycles. The number of nitrogens with two attached hydrogens (primary N) is 1. The van der Waals surface area contributed by atoms with Crippen molar-refractivity contribution < 1.29 is 28.3 Å². The van der Waals surface area contributed by atoms with Gasteiger partial charge in [-0.3, -0.25) is 4.79 Å². The Balaban J connectivity index is 1.53. The molecule has 9 nitrogen and oxygen atoms in total. The number of anilines is 2. The maximum Gasteiger partial charge on any atom is 0.346 e. The summed E-state index contributed by atoms with van der Waals surface area (Å²) < 4.78 is 21.1. The van der Waals surface area contributed by atoms with E-state index in [9.17, 15) is 9.59 Å². The molecule has 0 bridgehead atoms. The number of carbonyl (C=O) groups excluding carboxylic acids is 2. The van der Waals surface area contributed by atoms with Gasteiger partial charge < -0.3 is 29.4 Å². The van der Waals surface area contributed by atoms with Crippen LogP contribution in [-0.2, 0) is 16.1 Å². The molecule has 2 N–H and O–H groups in total. The van der Waals surface area contributed by atoms with Gasteiger partial charge in [0.2, 0.25) is 5.88 Å². The number of aromatic nitrogens is 1. The molecule has 1 aromatic carbocycles. The second kappa shape index (κ2) is 8.46. The molecule has 30 heavy (non-hydrogen) atoms. The van der Waals surface area contributed by atoms with E-state index in [1.165, 1.54) is 16.2 Å². The molecule has 3 aromatic rings. The van der Waals surface area contributed by atoms with E-state index in [0.717, 1.165) is 4.88 Å². The molecule has 1 amide bonds. The van der Waals surface area contributed by atoms with Crippen LogP contribution in [-0.4, -0.2) is 36.9 Å². The average Bonchev–Trinajstić information content (AvgIpc) is 3.39. The molecule has 0 radical (unpaired) electrons. The molecule has 0 atom stereocenters. The van der Waals surface area contributed by atoms with Gasteiger partial charge in [-0.2, -0.15) is 0 Å². The predicted octanol–water partition coefficient (Wildman–Crippen LogP) is 2.79. The number of thiophene rings is 1. The van der Waals surface area contributed by atoms with Crippen LogP contribution in [0, 0.1) is 6.92 Å². The fraction of sp³-hybridized carbons (Fsp3) is 0.250. The smallest absolute Gasteiger partial charge is 0.346 e. The van der Waals surface area contributed by atoms with Crippen molar-refractivity contribution in [3.8, 4) is 11.5 Å². The van der Waals surface area contributed by atoms with Gasteiger partial charge in [0.15, 0.2) is 18.1 Å². The van der Waals surface area contributed by atoms with E-state index in [2.05, 4.69) is 5.16 Å². The predicted molar refractivity (Wildman–Crippen MR) is 109 cm³/mol. The van der Waals surface area contributed by atoms with Gasteiger partial charge in [-0.15, -0.1) is 11.3 Å². The molecule has 1 aliphatic rings. The van der Waals surface area contributed by atoms with Gasteiger partial charge in [0.25, 0.3) is 5.91 Å². The van der Waals surface area contributed by atoms with Crippen LogP contribution in [0.3, 0.4) is 0 Å². The van der Waals surface area contributed by atoms with Crippen molar-refractivity contribution in [3.63, 3.8) is 0 Å². The molecule has 4 rings (SSSR count). The molecule has 156 valence electrons. The summed E-state index contributed by atoms with van der Waals surface area (Å²) in [6.45, 7) is 2.33. The lowest BCUT2D eigenvalue weighted by molar-refractivity contribution is -0.121. The summed E-state index contributed by atoms with van der Waals surface area (Å²) in [5.74, 6) is -0.128. The van der Waals surface area contributed by atoms with Crippen LogP contribution in [0.5, 0.6) is 11.5 Å². The van der Waals surface area contributed by atoms with Gasteiger partial charge in [0.1, 0.15) is 18.8 Å². The molecule has 0 fully saturated rings. The zero-order valence-electron chi connectivity index (χ0n) is 16.1. The molecular formula is C20H19N3O6S. The van der Waals surface area contributed by atoms with E-state index >= 15 is 0 Å². The first-order valence-electron chi connectivity index (χ1n) is 9.14. The Morgan fingerprint density at radius 3 is 2.73 bits per heavy atom. The maximum atomic E-state index is 13.0. The molecular weight excluding hydrogens is 410 g/mol. The van der Waals surface area contributed by atoms with Gasteiger partial charge in [-0.05, 0) is 30.5 Å². The summed E-state index contributed by atoms with van der Waals surface area (Å²) in [7, 11) is 0. The van der Waals surface area contributed by atoms with Crippen molar-refractivity contribution in [3.05, 3.63) is 51.8 Å². The Bertz CT molecular complexity index is 1040. The third kappa shape index (κ3) is 4.08. The van der Waals surface area contributed by atoms with E-state index < -0.39 is 18.5 Å². The van der Waals surface area contributed by atoms with Crippen LogP contribution in [0.25, 0.3) is 0 Å². The Morgan fingerprint density at radius 1 is 1.23 bits per heavy atom. The topological polar surface area (TPSA) is 117 Å². The summed E-state index contributed by atoms with van der Waals surface area (Å²) >= 11 is 1.52.